The van der Waals surface area contributed by atoms with Crippen molar-refractivity contribution in [3.8, 4) is 0 Å². The molecule has 1 aromatic carbocycles. The summed E-state index contributed by atoms with van der Waals surface area (Å²) in [6, 6.07) is 6.21. The van der Waals surface area contributed by atoms with Gasteiger partial charge in [-0.2, -0.15) is 0 Å². The predicted octanol–water partition coefficient (Wildman–Crippen LogP) is 6.55. The number of allylic oxidation sites excluding steroid dienone is 2. The Hall–Kier alpha value is -1.67. The number of halogens is 1. The van der Waals surface area contributed by atoms with E-state index in [-0.39, 0.29) is 12.2 Å². The molecule has 0 atom stereocenters. The number of benzene rings is 1. The Balaban J connectivity index is 1.24. The standard InChI is InChI=1S/C28H40ClN3O3S/c1-21(2)34-19-12-28(3,4)35-27(33)31-17-15-30(16-18-31)13-7-14-32-23-8-5-6-9-25(23)36-26-11-10-22(29)20-24(26)32/h8-11,20-21H,5-7,12-19H2,1-4H3. The van der Waals surface area contributed by atoms with Gasteiger partial charge in [-0.15, -0.1) is 0 Å². The van der Waals surface area contributed by atoms with Crippen LogP contribution in [0.15, 0.2) is 45.8 Å². The Labute approximate surface area is 225 Å². The highest BCUT2D eigenvalue weighted by Crippen LogP contribution is 2.48. The molecule has 0 spiro atoms. The molecule has 1 fully saturated rings. The molecule has 1 aromatic rings. The minimum atomic E-state index is -0.532. The van der Waals surface area contributed by atoms with E-state index in [1.165, 1.54) is 21.2 Å². The summed E-state index contributed by atoms with van der Waals surface area (Å²) in [6.45, 7) is 13.6. The van der Waals surface area contributed by atoms with Crippen LogP contribution in [0.25, 0.3) is 0 Å². The van der Waals surface area contributed by atoms with Gasteiger partial charge in [0.05, 0.1) is 24.1 Å². The molecule has 2 heterocycles. The maximum Gasteiger partial charge on any atom is 0.410 e. The summed E-state index contributed by atoms with van der Waals surface area (Å²) in [5, 5.41) is 0.779. The summed E-state index contributed by atoms with van der Waals surface area (Å²) >= 11 is 8.22. The van der Waals surface area contributed by atoms with Crippen molar-refractivity contribution in [2.75, 3.05) is 50.8 Å². The first kappa shape index (κ1) is 27.4. The number of thioether (sulfide) groups is 1. The number of carbonyl (C=O) groups excluding carboxylic acids is 1. The van der Waals surface area contributed by atoms with Crippen LogP contribution >= 0.6 is 23.4 Å². The lowest BCUT2D eigenvalue weighted by molar-refractivity contribution is -0.0232. The molecule has 198 valence electrons. The fourth-order valence-electron chi connectivity index (χ4n) is 4.75. The third kappa shape index (κ3) is 7.21. The first-order chi connectivity index (χ1) is 17.2. The summed E-state index contributed by atoms with van der Waals surface area (Å²) in [6.07, 6.45) is 8.64. The number of nitrogens with zero attached hydrogens (tertiary/aromatic N) is 3. The molecule has 4 rings (SSSR count). The summed E-state index contributed by atoms with van der Waals surface area (Å²) < 4.78 is 11.4. The van der Waals surface area contributed by atoms with Gasteiger partial charge in [-0.1, -0.05) is 35.5 Å². The van der Waals surface area contributed by atoms with Crippen LogP contribution in [0.5, 0.6) is 0 Å². The van der Waals surface area contributed by atoms with Crippen LogP contribution in [-0.2, 0) is 9.47 Å². The third-order valence-corrected chi connectivity index (χ3v) is 8.21. The van der Waals surface area contributed by atoms with Crippen LogP contribution in [0.4, 0.5) is 10.5 Å². The second-order valence-corrected chi connectivity index (χ2v) is 12.1. The van der Waals surface area contributed by atoms with Crippen molar-refractivity contribution in [3.05, 3.63) is 46.0 Å². The molecule has 3 aliphatic rings. The van der Waals surface area contributed by atoms with Crippen molar-refractivity contribution in [1.82, 2.24) is 9.80 Å². The highest BCUT2D eigenvalue weighted by atomic mass is 35.5. The van der Waals surface area contributed by atoms with E-state index in [1.807, 2.05) is 50.4 Å². The van der Waals surface area contributed by atoms with Crippen LogP contribution < -0.4 is 4.90 Å². The lowest BCUT2D eigenvalue weighted by Crippen LogP contribution is -2.50. The fraction of sp³-hybridized carbons (Fsp3) is 0.607. The summed E-state index contributed by atoms with van der Waals surface area (Å²) in [7, 11) is 0. The number of anilines is 1. The molecule has 0 bridgehead atoms. The van der Waals surface area contributed by atoms with Crippen molar-refractivity contribution in [3.63, 3.8) is 0 Å². The quantitative estimate of drug-likeness (QED) is 0.358. The average molecular weight is 534 g/mol. The molecule has 6 nitrogen and oxygen atoms in total. The zero-order valence-corrected chi connectivity index (χ0v) is 23.7. The number of piperazine rings is 1. The third-order valence-electron chi connectivity index (χ3n) is 6.81. The monoisotopic (exact) mass is 533 g/mol. The minimum Gasteiger partial charge on any atom is -0.443 e. The molecule has 0 saturated carbocycles. The molecule has 8 heteroatoms. The first-order valence-electron chi connectivity index (χ1n) is 13.2. The van der Waals surface area contributed by atoms with E-state index in [0.29, 0.717) is 26.1 Å². The predicted molar refractivity (Wildman–Crippen MR) is 149 cm³/mol. The topological polar surface area (TPSA) is 45.3 Å². The minimum absolute atomic E-state index is 0.184. The van der Waals surface area contributed by atoms with E-state index in [1.54, 1.807) is 0 Å². The summed E-state index contributed by atoms with van der Waals surface area (Å²) in [5.41, 5.74) is 2.01. The van der Waals surface area contributed by atoms with E-state index in [2.05, 4.69) is 34.1 Å². The zero-order valence-electron chi connectivity index (χ0n) is 22.1. The number of ether oxygens (including phenoxy) is 2. The van der Waals surface area contributed by atoms with Crippen molar-refractivity contribution in [2.24, 2.45) is 0 Å². The zero-order chi connectivity index (χ0) is 25.7. The fourth-order valence-corrected chi connectivity index (χ4v) is 6.06. The Morgan fingerprint density at radius 1 is 1.11 bits per heavy atom. The number of rotatable bonds is 9. The maximum atomic E-state index is 12.7. The van der Waals surface area contributed by atoms with E-state index in [0.717, 1.165) is 50.5 Å². The van der Waals surface area contributed by atoms with Gasteiger partial charge in [0.2, 0.25) is 0 Å². The van der Waals surface area contributed by atoms with Crippen molar-refractivity contribution < 1.29 is 14.3 Å². The van der Waals surface area contributed by atoms with Gasteiger partial charge in [0.1, 0.15) is 5.60 Å². The molecule has 0 radical (unpaired) electrons. The van der Waals surface area contributed by atoms with Gasteiger partial charge in [-0.25, -0.2) is 4.79 Å². The molecule has 1 aliphatic carbocycles. The van der Waals surface area contributed by atoms with Gasteiger partial charge >= 0.3 is 6.09 Å². The Bertz CT molecular complexity index is 986. The molecular weight excluding hydrogens is 494 g/mol. The van der Waals surface area contributed by atoms with Gasteiger partial charge < -0.3 is 19.3 Å². The molecule has 1 amide bonds. The average Bonchev–Trinajstić information content (AvgIpc) is 2.83. The van der Waals surface area contributed by atoms with Crippen LogP contribution in [0, 0.1) is 0 Å². The first-order valence-corrected chi connectivity index (χ1v) is 14.4. The lowest BCUT2D eigenvalue weighted by Gasteiger charge is -2.38. The van der Waals surface area contributed by atoms with Crippen LogP contribution in [-0.4, -0.2) is 73.5 Å². The number of hydrogen-bond donors (Lipinski definition) is 0. The molecular formula is C28H40ClN3O3S. The largest absolute Gasteiger partial charge is 0.443 e. The molecule has 2 aliphatic heterocycles. The van der Waals surface area contributed by atoms with Crippen molar-refractivity contribution >= 4 is 35.1 Å². The van der Waals surface area contributed by atoms with Crippen LogP contribution in [0.3, 0.4) is 0 Å². The van der Waals surface area contributed by atoms with Crippen LogP contribution in [0.1, 0.15) is 53.4 Å². The maximum absolute atomic E-state index is 12.7. The smallest absolute Gasteiger partial charge is 0.410 e. The van der Waals surface area contributed by atoms with E-state index < -0.39 is 5.60 Å². The van der Waals surface area contributed by atoms with Crippen LogP contribution in [0.2, 0.25) is 5.02 Å². The second kappa shape index (κ2) is 12.2. The summed E-state index contributed by atoms with van der Waals surface area (Å²) in [4.78, 5) is 22.1. The number of carbonyl (C=O) groups is 1. The van der Waals surface area contributed by atoms with Gasteiger partial charge in [0, 0.05) is 54.0 Å². The normalized spacial score (nSPS) is 18.5. The number of amides is 1. The molecule has 36 heavy (non-hydrogen) atoms. The van der Waals surface area contributed by atoms with Crippen molar-refractivity contribution in [2.45, 2.75) is 70.0 Å². The lowest BCUT2D eigenvalue weighted by atomic mass is 10.1. The summed E-state index contributed by atoms with van der Waals surface area (Å²) in [5.74, 6) is 0. The van der Waals surface area contributed by atoms with Gasteiger partial charge in [-0.3, -0.25) is 4.90 Å². The molecule has 0 N–H and O–H groups in total. The van der Waals surface area contributed by atoms with E-state index in [4.69, 9.17) is 21.1 Å². The SMILES string of the molecule is CC(C)OCCC(C)(C)OC(=O)N1CCN(CCCN2C3=CCCC=C3Sc3ccc(Cl)cc32)CC1. The second-order valence-electron chi connectivity index (χ2n) is 10.6. The molecule has 0 unspecified atom stereocenters. The highest BCUT2D eigenvalue weighted by molar-refractivity contribution is 8.03. The van der Waals surface area contributed by atoms with E-state index in [9.17, 15) is 4.79 Å². The highest BCUT2D eigenvalue weighted by Gasteiger charge is 2.30. The molecule has 0 aromatic heterocycles. The van der Waals surface area contributed by atoms with Gasteiger partial charge in [0.15, 0.2) is 0 Å². The number of fused-ring (bicyclic) bond motifs is 2. The van der Waals surface area contributed by atoms with Gasteiger partial charge in [0.25, 0.3) is 0 Å². The van der Waals surface area contributed by atoms with Crippen molar-refractivity contribution in [1.29, 1.82) is 0 Å². The number of hydrogen-bond acceptors (Lipinski definition) is 6. The molecule has 1 saturated heterocycles. The Morgan fingerprint density at radius 2 is 1.86 bits per heavy atom. The van der Waals surface area contributed by atoms with E-state index >= 15 is 0 Å². The Kier molecular flexibility index (Phi) is 9.31. The van der Waals surface area contributed by atoms with Gasteiger partial charge in [-0.05, 0) is 71.7 Å². The Morgan fingerprint density at radius 3 is 2.61 bits per heavy atom.